The van der Waals surface area contributed by atoms with Gasteiger partial charge in [-0.05, 0) is 37.3 Å². The maximum Gasteiger partial charge on any atom is 0.326 e. The van der Waals surface area contributed by atoms with Crippen LogP contribution in [0.2, 0.25) is 0 Å². The van der Waals surface area contributed by atoms with Crippen LogP contribution in [0.25, 0.3) is 0 Å². The van der Waals surface area contributed by atoms with Crippen LogP contribution < -0.4 is 5.32 Å². The third-order valence-corrected chi connectivity index (χ3v) is 4.33. The maximum atomic E-state index is 12.5. The van der Waals surface area contributed by atoms with Crippen LogP contribution in [0.1, 0.15) is 43.5 Å². The molecule has 25 heavy (non-hydrogen) atoms. The molecule has 2 N–H and O–H groups in total. The third kappa shape index (κ3) is 5.27. The van der Waals surface area contributed by atoms with Crippen LogP contribution in [-0.4, -0.2) is 51.9 Å². The van der Waals surface area contributed by atoms with Crippen molar-refractivity contribution in [3.8, 4) is 0 Å². The van der Waals surface area contributed by atoms with Gasteiger partial charge in [0, 0.05) is 31.0 Å². The van der Waals surface area contributed by atoms with E-state index in [-0.39, 0.29) is 23.7 Å². The second-order valence-electron chi connectivity index (χ2n) is 6.86. The molecular formula is C18H25N3O4. The van der Waals surface area contributed by atoms with Gasteiger partial charge < -0.3 is 15.3 Å². The number of hydrogen-bond acceptors (Lipinski definition) is 4. The summed E-state index contributed by atoms with van der Waals surface area (Å²) in [7, 11) is 0. The van der Waals surface area contributed by atoms with Crippen molar-refractivity contribution in [2.45, 2.75) is 39.2 Å². The quantitative estimate of drug-likeness (QED) is 0.813. The molecule has 1 unspecified atom stereocenters. The van der Waals surface area contributed by atoms with Crippen LogP contribution in [-0.2, 0) is 9.59 Å². The summed E-state index contributed by atoms with van der Waals surface area (Å²) in [5, 5.41) is 11.9. The first-order chi connectivity index (χ1) is 11.9. The predicted octanol–water partition coefficient (Wildman–Crippen LogP) is 1.55. The number of carbonyl (C=O) groups excluding carboxylic acids is 2. The summed E-state index contributed by atoms with van der Waals surface area (Å²) < 4.78 is 0. The minimum absolute atomic E-state index is 0.128. The molecule has 0 radical (unpaired) electrons. The van der Waals surface area contributed by atoms with Gasteiger partial charge in [0.25, 0.3) is 5.91 Å². The highest BCUT2D eigenvalue weighted by Gasteiger charge is 2.31. The molecule has 7 nitrogen and oxygen atoms in total. The summed E-state index contributed by atoms with van der Waals surface area (Å²) in [5.41, 5.74) is 0.541. The second kappa shape index (κ2) is 8.60. The molecule has 0 aliphatic carbocycles. The molecule has 1 aliphatic heterocycles. The lowest BCUT2D eigenvalue weighted by Gasteiger charge is -2.32. The molecule has 1 aromatic heterocycles. The van der Waals surface area contributed by atoms with Crippen LogP contribution in [0.4, 0.5) is 0 Å². The third-order valence-electron chi connectivity index (χ3n) is 4.33. The fraction of sp³-hybridized carbons (Fsp3) is 0.556. The van der Waals surface area contributed by atoms with Crippen molar-refractivity contribution >= 4 is 17.8 Å². The summed E-state index contributed by atoms with van der Waals surface area (Å²) in [6.45, 7) is 4.73. The number of likely N-dealkylation sites (tertiary alicyclic amines) is 1. The van der Waals surface area contributed by atoms with Gasteiger partial charge in [-0.2, -0.15) is 0 Å². The number of nitrogens with one attached hydrogen (secondary N) is 1. The number of amides is 2. The number of nitrogens with zero attached hydrogens (tertiary/aromatic N) is 2. The van der Waals surface area contributed by atoms with E-state index < -0.39 is 12.0 Å². The SMILES string of the molecule is CC(C)C[C@@H](NC(=O)C1CCCN(C(=O)c2ccncc2)C1)C(=O)O. The Kier molecular flexibility index (Phi) is 6.50. The number of aromatic nitrogens is 1. The van der Waals surface area contributed by atoms with Crippen molar-refractivity contribution in [2.75, 3.05) is 13.1 Å². The Morgan fingerprint density at radius 2 is 2.00 bits per heavy atom. The molecule has 1 aliphatic rings. The summed E-state index contributed by atoms with van der Waals surface area (Å²) in [6, 6.07) is 2.41. The van der Waals surface area contributed by atoms with Crippen LogP contribution in [0.3, 0.4) is 0 Å². The Balaban J connectivity index is 1.99. The zero-order chi connectivity index (χ0) is 18.4. The van der Waals surface area contributed by atoms with Crippen molar-refractivity contribution < 1.29 is 19.5 Å². The maximum absolute atomic E-state index is 12.5. The fourth-order valence-electron chi connectivity index (χ4n) is 3.04. The first-order valence-electron chi connectivity index (χ1n) is 8.61. The highest BCUT2D eigenvalue weighted by molar-refractivity contribution is 5.94. The Hall–Kier alpha value is -2.44. The second-order valence-corrected chi connectivity index (χ2v) is 6.86. The van der Waals surface area contributed by atoms with E-state index in [1.54, 1.807) is 29.4 Å². The van der Waals surface area contributed by atoms with Gasteiger partial charge >= 0.3 is 5.97 Å². The normalized spacial score (nSPS) is 18.7. The summed E-state index contributed by atoms with van der Waals surface area (Å²) in [4.78, 5) is 41.9. The molecule has 136 valence electrons. The van der Waals surface area contributed by atoms with Crippen molar-refractivity contribution in [2.24, 2.45) is 11.8 Å². The first kappa shape index (κ1) is 18.9. The van der Waals surface area contributed by atoms with Gasteiger partial charge in [-0.15, -0.1) is 0 Å². The summed E-state index contributed by atoms with van der Waals surface area (Å²) in [5.74, 6) is -1.66. The standard InChI is InChI=1S/C18H25N3O4/c1-12(2)10-15(18(24)25)20-16(22)14-4-3-9-21(11-14)17(23)13-5-7-19-8-6-13/h5-8,12,14-15H,3-4,9-11H2,1-2H3,(H,20,22)(H,24,25)/t14?,15-/m1/s1. The zero-order valence-corrected chi connectivity index (χ0v) is 14.6. The molecule has 1 fully saturated rings. The Morgan fingerprint density at radius 3 is 2.60 bits per heavy atom. The Morgan fingerprint density at radius 1 is 1.32 bits per heavy atom. The van der Waals surface area contributed by atoms with Gasteiger partial charge in [-0.3, -0.25) is 14.6 Å². The highest BCUT2D eigenvalue weighted by atomic mass is 16.4. The molecule has 0 saturated carbocycles. The average Bonchev–Trinajstić information content (AvgIpc) is 2.60. The number of rotatable bonds is 6. The smallest absolute Gasteiger partial charge is 0.326 e. The Bertz CT molecular complexity index is 618. The van der Waals surface area contributed by atoms with Crippen molar-refractivity contribution in [3.63, 3.8) is 0 Å². The predicted molar refractivity (Wildman–Crippen MR) is 91.9 cm³/mol. The van der Waals surface area contributed by atoms with E-state index in [2.05, 4.69) is 10.3 Å². The summed E-state index contributed by atoms with van der Waals surface area (Å²) >= 11 is 0. The largest absolute Gasteiger partial charge is 0.480 e. The Labute approximate surface area is 147 Å². The van der Waals surface area contributed by atoms with Gasteiger partial charge in [0.2, 0.25) is 5.91 Å². The minimum Gasteiger partial charge on any atom is -0.480 e. The lowest BCUT2D eigenvalue weighted by atomic mass is 9.95. The van der Waals surface area contributed by atoms with Crippen molar-refractivity contribution in [1.82, 2.24) is 15.2 Å². The number of carboxylic acids is 1. The molecule has 1 aromatic rings. The molecule has 0 spiro atoms. The summed E-state index contributed by atoms with van der Waals surface area (Å²) in [6.07, 6.45) is 4.87. The van der Waals surface area contributed by atoms with Crippen molar-refractivity contribution in [1.29, 1.82) is 0 Å². The number of carbonyl (C=O) groups is 3. The van der Waals surface area contributed by atoms with Crippen LogP contribution in [0.5, 0.6) is 0 Å². The van der Waals surface area contributed by atoms with E-state index in [0.717, 1.165) is 6.42 Å². The average molecular weight is 347 g/mol. The molecule has 7 heteroatoms. The lowest BCUT2D eigenvalue weighted by Crippen LogP contribution is -2.49. The van der Waals surface area contributed by atoms with Gasteiger partial charge in [0.15, 0.2) is 0 Å². The lowest BCUT2D eigenvalue weighted by molar-refractivity contribution is -0.143. The molecule has 0 bridgehead atoms. The fourth-order valence-corrected chi connectivity index (χ4v) is 3.04. The van der Waals surface area contributed by atoms with Crippen molar-refractivity contribution in [3.05, 3.63) is 30.1 Å². The van der Waals surface area contributed by atoms with Gasteiger partial charge in [-0.25, -0.2) is 4.79 Å². The number of carboxylic acid groups (broad SMARTS) is 1. The topological polar surface area (TPSA) is 99.6 Å². The van der Waals surface area contributed by atoms with Crippen LogP contribution in [0, 0.1) is 11.8 Å². The number of piperidine rings is 1. The molecule has 1 saturated heterocycles. The van der Waals surface area contributed by atoms with E-state index in [1.165, 1.54) is 0 Å². The van der Waals surface area contributed by atoms with E-state index >= 15 is 0 Å². The number of aliphatic carboxylic acids is 1. The van der Waals surface area contributed by atoms with Gasteiger partial charge in [-0.1, -0.05) is 13.8 Å². The van der Waals surface area contributed by atoms with E-state index in [9.17, 15) is 19.5 Å². The molecule has 2 atom stereocenters. The monoisotopic (exact) mass is 347 g/mol. The first-order valence-corrected chi connectivity index (χ1v) is 8.61. The molecule has 2 amide bonds. The molecule has 2 rings (SSSR count). The molecule has 2 heterocycles. The highest BCUT2D eigenvalue weighted by Crippen LogP contribution is 2.19. The molecule has 0 aromatic carbocycles. The van der Waals surface area contributed by atoms with Crippen LogP contribution >= 0.6 is 0 Å². The molecular weight excluding hydrogens is 322 g/mol. The van der Waals surface area contributed by atoms with E-state index in [4.69, 9.17) is 0 Å². The van der Waals surface area contributed by atoms with Gasteiger partial charge in [0.05, 0.1) is 5.92 Å². The van der Waals surface area contributed by atoms with Crippen LogP contribution in [0.15, 0.2) is 24.5 Å². The van der Waals surface area contributed by atoms with E-state index in [1.807, 2.05) is 13.8 Å². The zero-order valence-electron chi connectivity index (χ0n) is 14.6. The number of hydrogen-bond donors (Lipinski definition) is 2. The number of pyridine rings is 1. The minimum atomic E-state index is -1.03. The van der Waals surface area contributed by atoms with Gasteiger partial charge in [0.1, 0.15) is 6.04 Å². The van der Waals surface area contributed by atoms with E-state index in [0.29, 0.717) is 31.5 Å².